The van der Waals surface area contributed by atoms with Crippen LogP contribution in [-0.2, 0) is 10.0 Å². The molecule has 0 radical (unpaired) electrons. The van der Waals surface area contributed by atoms with Crippen molar-refractivity contribution in [2.75, 3.05) is 6.54 Å². The average molecular weight is 411 g/mol. The molecule has 19 heavy (non-hydrogen) atoms. The zero-order valence-electron chi connectivity index (χ0n) is 10.9. The summed E-state index contributed by atoms with van der Waals surface area (Å²) in [5, 5.41) is 0. The van der Waals surface area contributed by atoms with Gasteiger partial charge in [-0.25, -0.2) is 8.42 Å². The number of sulfonamides is 1. The Hall–Kier alpha value is 0.0900. The minimum atomic E-state index is -3.44. The lowest BCUT2D eigenvalue weighted by molar-refractivity contribution is 0.202. The average Bonchev–Trinajstić information content (AvgIpc) is 2.35. The highest BCUT2D eigenvalue weighted by atomic mass is 79.9. The highest BCUT2D eigenvalue weighted by Gasteiger charge is 2.35. The second-order valence-electron chi connectivity index (χ2n) is 5.05. The van der Waals surface area contributed by atoms with E-state index in [2.05, 4.69) is 38.8 Å². The molecule has 2 rings (SSSR count). The first-order chi connectivity index (χ1) is 8.84. The zero-order valence-corrected chi connectivity index (χ0v) is 14.9. The normalized spacial score (nSPS) is 25.5. The molecule has 1 heterocycles. The number of piperidine rings is 1. The monoisotopic (exact) mass is 409 g/mol. The van der Waals surface area contributed by atoms with Gasteiger partial charge in [0.15, 0.2) is 0 Å². The van der Waals surface area contributed by atoms with Crippen LogP contribution in [0.2, 0.25) is 0 Å². The van der Waals surface area contributed by atoms with Gasteiger partial charge in [0.2, 0.25) is 10.0 Å². The van der Waals surface area contributed by atoms with Gasteiger partial charge in [0.25, 0.3) is 0 Å². The Morgan fingerprint density at radius 1 is 1.26 bits per heavy atom. The van der Waals surface area contributed by atoms with Gasteiger partial charge in [-0.2, -0.15) is 4.31 Å². The summed E-state index contributed by atoms with van der Waals surface area (Å²) in [5.41, 5.74) is 0. The van der Waals surface area contributed by atoms with Gasteiger partial charge in [-0.05, 0) is 59.8 Å². The van der Waals surface area contributed by atoms with E-state index in [1.165, 1.54) is 0 Å². The van der Waals surface area contributed by atoms with Gasteiger partial charge in [0.05, 0.1) is 4.90 Å². The fraction of sp³-hybridized carbons (Fsp3) is 0.538. The molecule has 0 N–H and O–H groups in total. The molecule has 1 aliphatic heterocycles. The summed E-state index contributed by atoms with van der Waals surface area (Å²) in [6, 6.07) is 5.29. The van der Waals surface area contributed by atoms with E-state index in [-0.39, 0.29) is 6.04 Å². The van der Waals surface area contributed by atoms with Crippen molar-refractivity contribution < 1.29 is 8.42 Å². The number of halogens is 2. The first kappa shape index (κ1) is 15.5. The zero-order chi connectivity index (χ0) is 14.2. The quantitative estimate of drug-likeness (QED) is 0.738. The van der Waals surface area contributed by atoms with Gasteiger partial charge in [-0.1, -0.05) is 22.9 Å². The van der Waals surface area contributed by atoms with Crippen LogP contribution in [0, 0.1) is 5.92 Å². The number of hydrogen-bond acceptors (Lipinski definition) is 2. The summed E-state index contributed by atoms with van der Waals surface area (Å²) in [6.07, 6.45) is 2.02. The van der Waals surface area contributed by atoms with Crippen molar-refractivity contribution in [3.8, 4) is 0 Å². The molecule has 1 aromatic rings. The lowest BCUT2D eigenvalue weighted by Gasteiger charge is -2.37. The van der Waals surface area contributed by atoms with Gasteiger partial charge >= 0.3 is 0 Å². The molecule has 1 saturated heterocycles. The molecule has 1 aromatic carbocycles. The lowest BCUT2D eigenvalue weighted by atomic mass is 9.94. The van der Waals surface area contributed by atoms with Crippen molar-refractivity contribution in [2.24, 2.45) is 5.92 Å². The number of hydrogen-bond donors (Lipinski definition) is 0. The van der Waals surface area contributed by atoms with Crippen LogP contribution in [-0.4, -0.2) is 25.3 Å². The van der Waals surface area contributed by atoms with Crippen LogP contribution in [0.15, 0.2) is 32.0 Å². The van der Waals surface area contributed by atoms with Gasteiger partial charge < -0.3 is 0 Å². The topological polar surface area (TPSA) is 37.4 Å². The summed E-state index contributed by atoms with van der Waals surface area (Å²) >= 11 is 6.68. The second-order valence-corrected chi connectivity index (χ2v) is 8.68. The maximum absolute atomic E-state index is 12.8. The van der Waals surface area contributed by atoms with E-state index in [0.29, 0.717) is 21.8 Å². The van der Waals surface area contributed by atoms with Gasteiger partial charge in [0, 0.05) is 21.5 Å². The Labute approximate surface area is 131 Å². The molecule has 2 atom stereocenters. The smallest absolute Gasteiger partial charge is 0.207 e. The Morgan fingerprint density at radius 2 is 1.95 bits per heavy atom. The van der Waals surface area contributed by atoms with Crippen molar-refractivity contribution in [1.29, 1.82) is 0 Å². The first-order valence-electron chi connectivity index (χ1n) is 6.31. The molecular weight excluding hydrogens is 394 g/mol. The molecule has 0 aliphatic carbocycles. The van der Waals surface area contributed by atoms with Crippen LogP contribution in [0.3, 0.4) is 0 Å². The third-order valence-corrected chi connectivity index (χ3v) is 7.27. The van der Waals surface area contributed by atoms with E-state index < -0.39 is 10.0 Å². The largest absolute Gasteiger partial charge is 0.244 e. The lowest BCUT2D eigenvalue weighted by Crippen LogP contribution is -2.45. The number of rotatable bonds is 2. The van der Waals surface area contributed by atoms with E-state index in [0.717, 1.165) is 17.3 Å². The molecule has 0 saturated carbocycles. The third-order valence-electron chi connectivity index (χ3n) is 3.80. The summed E-state index contributed by atoms with van der Waals surface area (Å²) in [5.74, 6) is 0.398. The Morgan fingerprint density at radius 3 is 2.63 bits per heavy atom. The predicted molar refractivity (Wildman–Crippen MR) is 83.6 cm³/mol. The Balaban J connectivity index is 2.44. The molecule has 0 spiro atoms. The Kier molecular flexibility index (Phi) is 4.75. The fourth-order valence-electron chi connectivity index (χ4n) is 2.44. The first-order valence-corrected chi connectivity index (χ1v) is 9.33. The van der Waals surface area contributed by atoms with E-state index in [1.807, 2.05) is 13.0 Å². The summed E-state index contributed by atoms with van der Waals surface area (Å²) < 4.78 is 28.6. The van der Waals surface area contributed by atoms with Crippen LogP contribution in [0.25, 0.3) is 0 Å². The molecule has 106 valence electrons. The minimum Gasteiger partial charge on any atom is -0.207 e. The van der Waals surface area contributed by atoms with Crippen molar-refractivity contribution in [3.63, 3.8) is 0 Å². The molecule has 0 amide bonds. The molecule has 1 fully saturated rings. The molecule has 6 heteroatoms. The maximum Gasteiger partial charge on any atom is 0.244 e. The fourth-order valence-corrected chi connectivity index (χ4v) is 5.67. The molecule has 2 unspecified atom stereocenters. The van der Waals surface area contributed by atoms with Gasteiger partial charge in [-0.15, -0.1) is 0 Å². The highest BCUT2D eigenvalue weighted by Crippen LogP contribution is 2.33. The van der Waals surface area contributed by atoms with Crippen LogP contribution < -0.4 is 0 Å². The van der Waals surface area contributed by atoms with Crippen LogP contribution in [0.4, 0.5) is 0 Å². The van der Waals surface area contributed by atoms with Crippen LogP contribution in [0.1, 0.15) is 26.7 Å². The van der Waals surface area contributed by atoms with Crippen molar-refractivity contribution >= 4 is 41.9 Å². The summed E-state index contributed by atoms with van der Waals surface area (Å²) in [4.78, 5) is 0.336. The van der Waals surface area contributed by atoms with Gasteiger partial charge in [0.1, 0.15) is 0 Å². The molecule has 0 bridgehead atoms. The van der Waals surface area contributed by atoms with Crippen molar-refractivity contribution in [1.82, 2.24) is 4.31 Å². The van der Waals surface area contributed by atoms with E-state index in [9.17, 15) is 8.42 Å². The van der Waals surface area contributed by atoms with Crippen molar-refractivity contribution in [2.45, 2.75) is 37.6 Å². The van der Waals surface area contributed by atoms with Crippen LogP contribution >= 0.6 is 31.9 Å². The molecule has 3 nitrogen and oxygen atoms in total. The van der Waals surface area contributed by atoms with E-state index in [4.69, 9.17) is 0 Å². The van der Waals surface area contributed by atoms with E-state index >= 15 is 0 Å². The molecular formula is C13H17Br2NO2S. The second kappa shape index (κ2) is 5.84. The third kappa shape index (κ3) is 3.06. The van der Waals surface area contributed by atoms with Crippen molar-refractivity contribution in [3.05, 3.63) is 27.1 Å². The molecule has 0 aromatic heterocycles. The highest BCUT2D eigenvalue weighted by molar-refractivity contribution is 9.11. The number of benzene rings is 1. The predicted octanol–water partition coefficient (Wildman–Crippen LogP) is 4.02. The summed E-state index contributed by atoms with van der Waals surface area (Å²) in [6.45, 7) is 4.71. The molecule has 1 aliphatic rings. The summed E-state index contributed by atoms with van der Waals surface area (Å²) in [7, 11) is -3.44. The maximum atomic E-state index is 12.8. The standard InChI is InChI=1S/C13H17Br2NO2S/c1-9-4-3-7-16(10(9)2)19(17,18)13-8-11(14)5-6-12(13)15/h5-6,8-10H,3-4,7H2,1-2H3. The minimum absolute atomic E-state index is 0.0460. The Bertz CT molecular complexity index is 574. The van der Waals surface area contributed by atoms with Gasteiger partial charge in [-0.3, -0.25) is 0 Å². The van der Waals surface area contributed by atoms with E-state index in [1.54, 1.807) is 16.4 Å². The van der Waals surface area contributed by atoms with Crippen LogP contribution in [0.5, 0.6) is 0 Å². The SMILES string of the molecule is CC1CCCN(S(=O)(=O)c2cc(Br)ccc2Br)C1C. The number of nitrogens with zero attached hydrogens (tertiary/aromatic N) is 1.